The summed E-state index contributed by atoms with van der Waals surface area (Å²) in [6.45, 7) is 12.0. The molecule has 0 aromatic heterocycles. The fourth-order valence-electron chi connectivity index (χ4n) is 6.30. The van der Waals surface area contributed by atoms with Gasteiger partial charge >= 0.3 is 10.4 Å². The number of rotatable bonds is 30. The largest absolute Gasteiger partial charge is 0.397 e. The van der Waals surface area contributed by atoms with E-state index in [1.54, 1.807) is 0 Å². The maximum absolute atomic E-state index is 10.2. The first-order chi connectivity index (χ1) is 22.9. The van der Waals surface area contributed by atoms with Crippen molar-refractivity contribution in [3.8, 4) is 0 Å². The van der Waals surface area contributed by atoms with Gasteiger partial charge in [0.2, 0.25) is 0 Å². The highest BCUT2D eigenvalue weighted by Crippen LogP contribution is 2.22. The summed E-state index contributed by atoms with van der Waals surface area (Å²) in [5.74, 6) is 0. The highest BCUT2D eigenvalue weighted by molar-refractivity contribution is 7.80. The second kappa shape index (κ2) is 40.0. The second-order valence-electron chi connectivity index (χ2n) is 13.6. The Balaban J connectivity index is 0. The molecule has 0 heterocycles. The molecule has 1 saturated carbocycles. The van der Waals surface area contributed by atoms with Gasteiger partial charge in [-0.3, -0.25) is 4.55 Å². The summed E-state index contributed by atoms with van der Waals surface area (Å²) in [5.41, 5.74) is 0. The van der Waals surface area contributed by atoms with Crippen molar-refractivity contribution in [1.29, 1.82) is 0 Å². The van der Waals surface area contributed by atoms with Crippen molar-refractivity contribution in [2.45, 2.75) is 220 Å². The highest BCUT2D eigenvalue weighted by Gasteiger charge is 2.17. The molecule has 284 valence electrons. The molecule has 0 amide bonds. The van der Waals surface area contributed by atoms with Gasteiger partial charge in [-0.1, -0.05) is 175 Å². The predicted octanol–water partition coefficient (Wildman–Crippen LogP) is 12.4. The zero-order chi connectivity index (χ0) is 35.1. The van der Waals surface area contributed by atoms with E-state index >= 15 is 0 Å². The normalized spacial score (nSPS) is 13.9. The van der Waals surface area contributed by atoms with Crippen LogP contribution in [0.15, 0.2) is 12.2 Å². The molecule has 0 atom stereocenters. The lowest BCUT2D eigenvalue weighted by molar-refractivity contribution is 0.172. The number of allylic oxidation sites excluding steroid dienone is 2. The van der Waals surface area contributed by atoms with Gasteiger partial charge < -0.3 is 10.0 Å². The third-order valence-electron chi connectivity index (χ3n) is 9.30. The monoisotopic (exact) mass is 690 g/mol. The van der Waals surface area contributed by atoms with Gasteiger partial charge in [-0.25, -0.2) is 4.18 Å². The molecule has 6 nitrogen and oxygen atoms in total. The third kappa shape index (κ3) is 41.6. The summed E-state index contributed by atoms with van der Waals surface area (Å²) in [6.07, 6.45) is 42.3. The topological polar surface area (TPSA) is 87.1 Å². The summed E-state index contributed by atoms with van der Waals surface area (Å²) < 4.78 is 33.0. The van der Waals surface area contributed by atoms with Crippen LogP contribution in [0.2, 0.25) is 0 Å². The van der Waals surface area contributed by atoms with Crippen LogP contribution in [0.5, 0.6) is 0 Å². The molecule has 1 aliphatic carbocycles. The molecular weight excluding hydrogens is 607 g/mol. The van der Waals surface area contributed by atoms with E-state index < -0.39 is 10.4 Å². The van der Waals surface area contributed by atoms with Gasteiger partial charge in [0.1, 0.15) is 0 Å². The summed E-state index contributed by atoms with van der Waals surface area (Å²) in [5, 5.41) is 8.66. The van der Waals surface area contributed by atoms with Crippen molar-refractivity contribution >= 4 is 10.4 Å². The van der Waals surface area contributed by atoms with E-state index in [-0.39, 0.29) is 6.61 Å². The van der Waals surface area contributed by atoms with E-state index in [1.807, 2.05) is 0 Å². The lowest BCUT2D eigenvalue weighted by Crippen LogP contribution is -2.36. The Labute approximate surface area is 295 Å². The highest BCUT2D eigenvalue weighted by atomic mass is 32.3. The van der Waals surface area contributed by atoms with Crippen LogP contribution in [-0.2, 0) is 14.6 Å². The van der Waals surface area contributed by atoms with Crippen LogP contribution in [0, 0.1) is 0 Å². The second-order valence-corrected chi connectivity index (χ2v) is 14.7. The molecule has 0 spiro atoms. The average molecular weight is 690 g/mol. The number of hydrogen-bond donors (Lipinski definition) is 2. The van der Waals surface area contributed by atoms with Gasteiger partial charge in [-0.2, -0.15) is 8.42 Å². The van der Waals surface area contributed by atoms with Gasteiger partial charge in [0.25, 0.3) is 0 Å². The first kappa shape index (κ1) is 48.6. The standard InChI is InChI=1S/C18H36O.C12H26O4S.C10H21N/c1-2-3-4-5-6-7-8-9-10-11-12-13-14-15-16-17-18-19;1-2-3-4-5-6-7-8-9-10-11-12-16-17(13,14)15;1-3-11(4-2)10-8-6-5-7-9-10/h9-10,19H,2-8,11-18H2,1H3;2-12H2,1H3,(H,13,14,15);10H,3-9H2,1-2H3. The van der Waals surface area contributed by atoms with Crippen LogP contribution in [0.4, 0.5) is 0 Å². The summed E-state index contributed by atoms with van der Waals surface area (Å²) in [4.78, 5) is 2.61. The number of aliphatic hydroxyl groups excluding tert-OH is 1. The maximum Gasteiger partial charge on any atom is 0.397 e. The fraction of sp³-hybridized carbons (Fsp3) is 0.950. The molecule has 0 saturated heterocycles. The van der Waals surface area contributed by atoms with Gasteiger partial charge in [-0.15, -0.1) is 0 Å². The quantitative estimate of drug-likeness (QED) is 0.0443. The molecule has 0 aromatic carbocycles. The molecule has 0 radical (unpaired) electrons. The summed E-state index contributed by atoms with van der Waals surface area (Å²) in [7, 11) is -4.23. The molecule has 1 fully saturated rings. The number of unbranched alkanes of at least 4 members (excludes halogenated alkanes) is 21. The van der Waals surface area contributed by atoms with Crippen LogP contribution >= 0.6 is 0 Å². The van der Waals surface area contributed by atoms with Crippen LogP contribution < -0.4 is 0 Å². The smallest absolute Gasteiger partial charge is 0.396 e. The minimum absolute atomic E-state index is 0.0926. The van der Waals surface area contributed by atoms with Gasteiger partial charge in [0, 0.05) is 12.6 Å². The minimum Gasteiger partial charge on any atom is -0.396 e. The Morgan fingerprint density at radius 1 is 0.574 bits per heavy atom. The predicted molar refractivity (Wildman–Crippen MR) is 206 cm³/mol. The van der Waals surface area contributed by atoms with Crippen molar-refractivity contribution in [2.75, 3.05) is 26.3 Å². The summed E-state index contributed by atoms with van der Waals surface area (Å²) >= 11 is 0. The first-order valence-corrected chi connectivity index (χ1v) is 21.8. The molecular formula is C40H83NO5S. The molecule has 1 aliphatic rings. The Kier molecular flexibility index (Phi) is 41.4. The minimum atomic E-state index is -4.23. The molecule has 0 aromatic rings. The zero-order valence-corrected chi connectivity index (χ0v) is 32.9. The zero-order valence-electron chi connectivity index (χ0n) is 32.0. The summed E-state index contributed by atoms with van der Waals surface area (Å²) in [6, 6.07) is 0.916. The van der Waals surface area contributed by atoms with E-state index in [2.05, 4.69) is 48.9 Å². The molecule has 47 heavy (non-hydrogen) atoms. The van der Waals surface area contributed by atoms with Crippen LogP contribution in [0.1, 0.15) is 214 Å². The Hall–Kier alpha value is -0.470. The van der Waals surface area contributed by atoms with E-state index in [1.165, 1.54) is 174 Å². The van der Waals surface area contributed by atoms with Crippen LogP contribution in [0.3, 0.4) is 0 Å². The molecule has 7 heteroatoms. The van der Waals surface area contributed by atoms with Crippen LogP contribution in [-0.4, -0.2) is 55.3 Å². The number of hydrogen-bond acceptors (Lipinski definition) is 5. The third-order valence-corrected chi connectivity index (χ3v) is 9.77. The lowest BCUT2D eigenvalue weighted by atomic mass is 9.94. The SMILES string of the molecule is CCCCCCCCC=CCCCCCCCCO.CCCCCCCCCCCCOS(=O)(=O)O.CCN(CC)C1CCCCC1. The van der Waals surface area contributed by atoms with E-state index in [4.69, 9.17) is 9.66 Å². The van der Waals surface area contributed by atoms with E-state index in [0.717, 1.165) is 25.3 Å². The Morgan fingerprint density at radius 3 is 1.34 bits per heavy atom. The van der Waals surface area contributed by atoms with Crippen molar-refractivity contribution in [1.82, 2.24) is 4.90 Å². The molecule has 0 aliphatic heterocycles. The van der Waals surface area contributed by atoms with E-state index in [9.17, 15) is 8.42 Å². The van der Waals surface area contributed by atoms with Crippen LogP contribution in [0.25, 0.3) is 0 Å². The molecule has 1 rings (SSSR count). The average Bonchev–Trinajstić information content (AvgIpc) is 3.07. The number of nitrogens with zero attached hydrogens (tertiary/aromatic N) is 1. The van der Waals surface area contributed by atoms with Crippen molar-refractivity contribution in [3.63, 3.8) is 0 Å². The molecule has 0 bridgehead atoms. The van der Waals surface area contributed by atoms with E-state index in [0.29, 0.717) is 13.0 Å². The maximum atomic E-state index is 10.2. The van der Waals surface area contributed by atoms with Gasteiger partial charge in [-0.05, 0) is 64.5 Å². The Morgan fingerprint density at radius 2 is 0.957 bits per heavy atom. The molecule has 2 N–H and O–H groups in total. The first-order valence-electron chi connectivity index (χ1n) is 20.5. The lowest BCUT2D eigenvalue weighted by Gasteiger charge is -2.32. The Bertz CT molecular complexity index is 705. The van der Waals surface area contributed by atoms with Gasteiger partial charge in [0.15, 0.2) is 0 Å². The number of aliphatic hydroxyl groups is 1. The van der Waals surface area contributed by atoms with Crippen molar-refractivity contribution < 1.29 is 22.3 Å². The van der Waals surface area contributed by atoms with Crippen molar-refractivity contribution in [3.05, 3.63) is 12.2 Å². The fourth-order valence-corrected chi connectivity index (χ4v) is 6.63. The van der Waals surface area contributed by atoms with Gasteiger partial charge in [0.05, 0.1) is 6.61 Å². The van der Waals surface area contributed by atoms with Crippen molar-refractivity contribution in [2.24, 2.45) is 0 Å². The molecule has 0 unspecified atom stereocenters.